The van der Waals surface area contributed by atoms with Gasteiger partial charge in [-0.05, 0) is 31.5 Å². The molecular weight excluding hydrogens is 316 g/mol. The van der Waals surface area contributed by atoms with Crippen LogP contribution in [-0.4, -0.2) is 49.0 Å². The van der Waals surface area contributed by atoms with Gasteiger partial charge in [0.2, 0.25) is 0 Å². The summed E-state index contributed by atoms with van der Waals surface area (Å²) in [6.07, 6.45) is 5.44. The molecular formula is C19H26N4O2. The molecule has 0 unspecified atom stereocenters. The minimum Gasteiger partial charge on any atom is -0.384 e. The molecule has 0 spiro atoms. The molecule has 2 heterocycles. The Bertz CT molecular complexity index is 672. The normalized spacial score (nSPS) is 16.5. The molecule has 0 bridgehead atoms. The van der Waals surface area contributed by atoms with Crippen molar-refractivity contribution in [1.29, 1.82) is 0 Å². The number of rotatable bonds is 7. The van der Waals surface area contributed by atoms with Crippen LogP contribution in [0.3, 0.4) is 0 Å². The molecule has 3 rings (SSSR count). The van der Waals surface area contributed by atoms with E-state index in [1.54, 1.807) is 24.2 Å². The van der Waals surface area contributed by atoms with Crippen LogP contribution in [0, 0.1) is 5.41 Å². The quantitative estimate of drug-likeness (QED) is 0.803. The average Bonchev–Trinajstić information content (AvgIpc) is 3.10. The summed E-state index contributed by atoms with van der Waals surface area (Å²) in [4.78, 5) is 12.5. The van der Waals surface area contributed by atoms with Crippen molar-refractivity contribution < 1.29 is 9.53 Å². The van der Waals surface area contributed by atoms with Crippen LogP contribution in [-0.2, 0) is 11.3 Å². The number of hydrogen-bond donors (Lipinski definition) is 2. The molecule has 0 atom stereocenters. The molecule has 1 fully saturated rings. The van der Waals surface area contributed by atoms with E-state index in [1.807, 2.05) is 30.3 Å². The molecule has 6 heteroatoms. The fourth-order valence-electron chi connectivity index (χ4n) is 3.34. The molecule has 134 valence electrons. The van der Waals surface area contributed by atoms with E-state index >= 15 is 0 Å². The standard InChI is InChI=1S/C19H26N4O2/c1-25-15-19(7-9-20-10-8-19)14-21-18(24)17-11-22-23(13-17)12-16-5-3-2-4-6-16/h2-6,11,13,20H,7-10,12,14-15H2,1H3,(H,21,24). The zero-order valence-electron chi connectivity index (χ0n) is 14.7. The van der Waals surface area contributed by atoms with Gasteiger partial charge in [0, 0.05) is 25.3 Å². The lowest BCUT2D eigenvalue weighted by molar-refractivity contribution is 0.0511. The Labute approximate surface area is 148 Å². The zero-order valence-corrected chi connectivity index (χ0v) is 14.7. The molecule has 1 aliphatic rings. The highest BCUT2D eigenvalue weighted by Gasteiger charge is 2.32. The number of carbonyl (C=O) groups excluding carboxylic acids is 1. The maximum Gasteiger partial charge on any atom is 0.254 e. The lowest BCUT2D eigenvalue weighted by Crippen LogP contribution is -2.47. The van der Waals surface area contributed by atoms with Crippen LogP contribution in [0.15, 0.2) is 42.7 Å². The highest BCUT2D eigenvalue weighted by atomic mass is 16.5. The van der Waals surface area contributed by atoms with Crippen molar-refractivity contribution in [2.24, 2.45) is 5.41 Å². The van der Waals surface area contributed by atoms with Gasteiger partial charge in [-0.3, -0.25) is 9.48 Å². The number of amides is 1. The van der Waals surface area contributed by atoms with Gasteiger partial charge < -0.3 is 15.4 Å². The van der Waals surface area contributed by atoms with Crippen molar-refractivity contribution in [2.75, 3.05) is 33.4 Å². The summed E-state index contributed by atoms with van der Waals surface area (Å²) in [5.41, 5.74) is 1.78. The zero-order chi connectivity index (χ0) is 17.5. The topological polar surface area (TPSA) is 68.2 Å². The van der Waals surface area contributed by atoms with Crippen LogP contribution in [0.25, 0.3) is 0 Å². The van der Waals surface area contributed by atoms with Crippen molar-refractivity contribution in [2.45, 2.75) is 19.4 Å². The molecule has 25 heavy (non-hydrogen) atoms. The molecule has 1 aromatic heterocycles. The third-order valence-corrected chi connectivity index (χ3v) is 4.82. The van der Waals surface area contributed by atoms with Crippen molar-refractivity contribution >= 4 is 5.91 Å². The molecule has 6 nitrogen and oxygen atoms in total. The number of methoxy groups -OCH3 is 1. The van der Waals surface area contributed by atoms with Crippen LogP contribution in [0.2, 0.25) is 0 Å². The second-order valence-corrected chi connectivity index (χ2v) is 6.78. The largest absolute Gasteiger partial charge is 0.384 e. The number of benzene rings is 1. The van der Waals surface area contributed by atoms with Gasteiger partial charge in [0.05, 0.1) is 24.9 Å². The third-order valence-electron chi connectivity index (χ3n) is 4.82. The van der Waals surface area contributed by atoms with Crippen LogP contribution >= 0.6 is 0 Å². The minimum absolute atomic E-state index is 0.0235. The molecule has 2 aromatic rings. The lowest BCUT2D eigenvalue weighted by atomic mass is 9.79. The number of piperidine rings is 1. The smallest absolute Gasteiger partial charge is 0.254 e. The molecule has 1 saturated heterocycles. The van der Waals surface area contributed by atoms with Gasteiger partial charge in [-0.15, -0.1) is 0 Å². The van der Waals surface area contributed by atoms with E-state index in [4.69, 9.17) is 4.74 Å². The van der Waals surface area contributed by atoms with Gasteiger partial charge in [-0.2, -0.15) is 5.10 Å². The van der Waals surface area contributed by atoms with Gasteiger partial charge in [-0.1, -0.05) is 30.3 Å². The Morgan fingerprint density at radius 2 is 2.08 bits per heavy atom. The number of nitrogens with zero attached hydrogens (tertiary/aromatic N) is 2. The van der Waals surface area contributed by atoms with Gasteiger partial charge in [0.15, 0.2) is 0 Å². The molecule has 2 N–H and O–H groups in total. The SMILES string of the molecule is COCC1(CNC(=O)c2cnn(Cc3ccccc3)c2)CCNCC1. The summed E-state index contributed by atoms with van der Waals surface area (Å²) in [6, 6.07) is 10.1. The summed E-state index contributed by atoms with van der Waals surface area (Å²) in [6.45, 7) is 3.89. The van der Waals surface area contributed by atoms with Crippen molar-refractivity contribution in [3.8, 4) is 0 Å². The summed E-state index contributed by atoms with van der Waals surface area (Å²) < 4.78 is 7.19. The van der Waals surface area contributed by atoms with E-state index in [9.17, 15) is 4.79 Å². The Kier molecular flexibility index (Phi) is 5.83. The maximum atomic E-state index is 12.5. The Hall–Kier alpha value is -2.18. The predicted octanol–water partition coefficient (Wildman–Crippen LogP) is 1.68. The number of carbonyl (C=O) groups is 1. The van der Waals surface area contributed by atoms with E-state index in [1.165, 1.54) is 0 Å². The first kappa shape index (κ1) is 17.6. The van der Waals surface area contributed by atoms with Gasteiger partial charge >= 0.3 is 0 Å². The molecule has 0 saturated carbocycles. The number of hydrogen-bond acceptors (Lipinski definition) is 4. The second kappa shape index (κ2) is 8.27. The highest BCUT2D eigenvalue weighted by molar-refractivity contribution is 5.93. The van der Waals surface area contributed by atoms with Gasteiger partial charge in [0.1, 0.15) is 0 Å². The first-order chi connectivity index (χ1) is 12.2. The molecule has 1 aromatic carbocycles. The molecule has 1 aliphatic heterocycles. The average molecular weight is 342 g/mol. The van der Waals surface area contributed by atoms with E-state index in [-0.39, 0.29) is 11.3 Å². The Balaban J connectivity index is 1.58. The number of aromatic nitrogens is 2. The molecule has 0 radical (unpaired) electrons. The summed E-state index contributed by atoms with van der Waals surface area (Å²) in [5, 5.41) is 10.7. The van der Waals surface area contributed by atoms with Gasteiger partial charge in [-0.25, -0.2) is 0 Å². The van der Waals surface area contributed by atoms with Crippen LogP contribution in [0.1, 0.15) is 28.8 Å². The maximum absolute atomic E-state index is 12.5. The number of nitrogens with one attached hydrogen (secondary N) is 2. The summed E-state index contributed by atoms with van der Waals surface area (Å²) >= 11 is 0. The van der Waals surface area contributed by atoms with Crippen LogP contribution < -0.4 is 10.6 Å². The third kappa shape index (κ3) is 4.67. The fourth-order valence-corrected chi connectivity index (χ4v) is 3.34. The van der Waals surface area contributed by atoms with E-state index in [0.717, 1.165) is 31.5 Å². The van der Waals surface area contributed by atoms with E-state index in [0.29, 0.717) is 25.3 Å². The predicted molar refractivity (Wildman–Crippen MR) is 96.5 cm³/mol. The summed E-state index contributed by atoms with van der Waals surface area (Å²) in [5.74, 6) is -0.0756. The first-order valence-electron chi connectivity index (χ1n) is 8.75. The Morgan fingerprint density at radius 1 is 1.32 bits per heavy atom. The Morgan fingerprint density at radius 3 is 2.80 bits per heavy atom. The number of ether oxygens (including phenoxy) is 1. The minimum atomic E-state index is -0.0756. The first-order valence-corrected chi connectivity index (χ1v) is 8.75. The van der Waals surface area contributed by atoms with Crippen molar-refractivity contribution in [1.82, 2.24) is 20.4 Å². The van der Waals surface area contributed by atoms with E-state index in [2.05, 4.69) is 15.7 Å². The van der Waals surface area contributed by atoms with Crippen molar-refractivity contribution in [3.05, 3.63) is 53.9 Å². The summed E-state index contributed by atoms with van der Waals surface area (Å²) in [7, 11) is 1.72. The van der Waals surface area contributed by atoms with E-state index < -0.39 is 0 Å². The van der Waals surface area contributed by atoms with Crippen molar-refractivity contribution in [3.63, 3.8) is 0 Å². The second-order valence-electron chi connectivity index (χ2n) is 6.78. The monoisotopic (exact) mass is 342 g/mol. The molecule has 1 amide bonds. The van der Waals surface area contributed by atoms with Gasteiger partial charge in [0.25, 0.3) is 5.91 Å². The highest BCUT2D eigenvalue weighted by Crippen LogP contribution is 2.28. The lowest BCUT2D eigenvalue weighted by Gasteiger charge is -2.37. The fraction of sp³-hybridized carbons (Fsp3) is 0.474. The molecule has 0 aliphatic carbocycles. The van der Waals surface area contributed by atoms with Crippen LogP contribution in [0.5, 0.6) is 0 Å². The van der Waals surface area contributed by atoms with Crippen LogP contribution in [0.4, 0.5) is 0 Å².